The zero-order valence-electron chi connectivity index (χ0n) is 16.4. The third kappa shape index (κ3) is 3.29. The van der Waals surface area contributed by atoms with Gasteiger partial charge in [0.25, 0.3) is 0 Å². The number of nitrogens with two attached hydrogens (primary N) is 1. The minimum atomic E-state index is 0.474. The zero-order valence-corrected chi connectivity index (χ0v) is 16.4. The molecule has 5 aromatic rings. The normalized spacial score (nSPS) is 10.9. The van der Waals surface area contributed by atoms with Crippen LogP contribution in [0.1, 0.15) is 11.3 Å². The van der Waals surface area contributed by atoms with Gasteiger partial charge in [-0.05, 0) is 35.4 Å². The summed E-state index contributed by atoms with van der Waals surface area (Å²) < 4.78 is 0. The van der Waals surface area contributed by atoms with E-state index in [0.717, 1.165) is 39.0 Å². The summed E-state index contributed by atoms with van der Waals surface area (Å²) in [4.78, 5) is 14.2. The molecule has 2 aromatic carbocycles. The number of nitrogen functional groups attached to an aromatic ring is 1. The number of aromatic nitrogens is 3. The van der Waals surface area contributed by atoms with Crippen molar-refractivity contribution >= 4 is 16.7 Å². The molecule has 0 unspecified atom stereocenters. The highest BCUT2D eigenvalue weighted by atomic mass is 14.9. The lowest BCUT2D eigenvalue weighted by atomic mass is 9.94. The Balaban J connectivity index is 1.79. The molecule has 4 nitrogen and oxygen atoms in total. The number of fused-ring (bicyclic) bond motifs is 1. The SMILES string of the molecule is Nc1nc(-c2cccnc2Cc2ccccc2)c(-c2ccccc2)c2ncccc12. The second-order valence-electron chi connectivity index (χ2n) is 7.15. The van der Waals surface area contributed by atoms with E-state index in [2.05, 4.69) is 35.3 Å². The highest BCUT2D eigenvalue weighted by molar-refractivity contribution is 6.04. The molecule has 0 saturated heterocycles. The van der Waals surface area contributed by atoms with Crippen molar-refractivity contribution in [2.45, 2.75) is 6.42 Å². The summed E-state index contributed by atoms with van der Waals surface area (Å²) in [5.74, 6) is 0.474. The van der Waals surface area contributed by atoms with Crippen LogP contribution < -0.4 is 5.73 Å². The summed E-state index contributed by atoms with van der Waals surface area (Å²) in [5, 5.41) is 0.855. The Hall–Kier alpha value is -4.05. The van der Waals surface area contributed by atoms with Gasteiger partial charge in [0.15, 0.2) is 0 Å². The largest absolute Gasteiger partial charge is 0.383 e. The van der Waals surface area contributed by atoms with Crippen LogP contribution in [-0.2, 0) is 6.42 Å². The van der Waals surface area contributed by atoms with Crippen LogP contribution in [0.15, 0.2) is 97.3 Å². The maximum atomic E-state index is 6.37. The summed E-state index contributed by atoms with van der Waals surface area (Å²) in [5.41, 5.74) is 13.2. The number of benzene rings is 2. The van der Waals surface area contributed by atoms with Crippen LogP contribution in [0.2, 0.25) is 0 Å². The van der Waals surface area contributed by atoms with Gasteiger partial charge in [0.2, 0.25) is 0 Å². The molecule has 0 aliphatic carbocycles. The first kappa shape index (κ1) is 18.0. The van der Waals surface area contributed by atoms with Gasteiger partial charge >= 0.3 is 0 Å². The molecule has 0 spiro atoms. The lowest BCUT2D eigenvalue weighted by Crippen LogP contribution is -2.03. The van der Waals surface area contributed by atoms with Gasteiger partial charge in [0.05, 0.1) is 16.9 Å². The van der Waals surface area contributed by atoms with E-state index in [1.165, 1.54) is 5.56 Å². The van der Waals surface area contributed by atoms with Crippen molar-refractivity contribution in [2.24, 2.45) is 0 Å². The molecule has 3 aromatic heterocycles. The Morgan fingerprint density at radius 2 is 1.40 bits per heavy atom. The Morgan fingerprint density at radius 1 is 0.700 bits per heavy atom. The molecule has 30 heavy (non-hydrogen) atoms. The highest BCUT2D eigenvalue weighted by Crippen LogP contribution is 2.38. The molecule has 0 atom stereocenters. The van der Waals surface area contributed by atoms with Gasteiger partial charge in [-0.1, -0.05) is 60.7 Å². The average molecular weight is 388 g/mol. The molecule has 0 radical (unpaired) electrons. The minimum Gasteiger partial charge on any atom is -0.383 e. The lowest BCUT2D eigenvalue weighted by Gasteiger charge is -2.16. The van der Waals surface area contributed by atoms with E-state index in [1.54, 1.807) is 6.20 Å². The van der Waals surface area contributed by atoms with E-state index in [4.69, 9.17) is 15.7 Å². The van der Waals surface area contributed by atoms with E-state index in [1.807, 2.05) is 60.8 Å². The van der Waals surface area contributed by atoms with Gasteiger partial charge in [-0.25, -0.2) is 4.98 Å². The fourth-order valence-electron chi connectivity index (χ4n) is 3.82. The Morgan fingerprint density at radius 3 is 2.20 bits per heavy atom. The maximum Gasteiger partial charge on any atom is 0.133 e. The molecule has 0 amide bonds. The number of pyridine rings is 3. The van der Waals surface area contributed by atoms with Crippen LogP contribution in [0.4, 0.5) is 5.82 Å². The topological polar surface area (TPSA) is 64.7 Å². The van der Waals surface area contributed by atoms with Crippen molar-refractivity contribution in [2.75, 3.05) is 5.73 Å². The molecule has 0 bridgehead atoms. The fraction of sp³-hybridized carbons (Fsp3) is 0.0385. The van der Waals surface area contributed by atoms with Crippen LogP contribution >= 0.6 is 0 Å². The number of rotatable bonds is 4. The molecule has 144 valence electrons. The molecular weight excluding hydrogens is 368 g/mol. The summed E-state index contributed by atoms with van der Waals surface area (Å²) in [6.07, 6.45) is 4.34. The smallest absolute Gasteiger partial charge is 0.133 e. The number of hydrogen-bond donors (Lipinski definition) is 1. The summed E-state index contributed by atoms with van der Waals surface area (Å²) >= 11 is 0. The monoisotopic (exact) mass is 388 g/mol. The summed E-state index contributed by atoms with van der Waals surface area (Å²) in [7, 11) is 0. The Kier molecular flexibility index (Phi) is 4.66. The van der Waals surface area contributed by atoms with Crippen LogP contribution in [-0.4, -0.2) is 15.0 Å². The summed E-state index contributed by atoms with van der Waals surface area (Å²) in [6.45, 7) is 0. The van der Waals surface area contributed by atoms with Crippen LogP contribution in [0.5, 0.6) is 0 Å². The van der Waals surface area contributed by atoms with Crippen molar-refractivity contribution in [1.29, 1.82) is 0 Å². The molecule has 5 rings (SSSR count). The third-order valence-corrected chi connectivity index (χ3v) is 5.21. The number of hydrogen-bond acceptors (Lipinski definition) is 4. The molecule has 4 heteroatoms. The van der Waals surface area contributed by atoms with E-state index in [0.29, 0.717) is 12.2 Å². The molecular formula is C26H20N4. The molecule has 2 N–H and O–H groups in total. The second kappa shape index (κ2) is 7.76. The first-order valence-electron chi connectivity index (χ1n) is 9.89. The van der Waals surface area contributed by atoms with Gasteiger partial charge < -0.3 is 5.73 Å². The van der Waals surface area contributed by atoms with Crippen molar-refractivity contribution in [3.8, 4) is 22.4 Å². The van der Waals surface area contributed by atoms with Gasteiger partial charge in [-0.3, -0.25) is 9.97 Å². The van der Waals surface area contributed by atoms with Crippen molar-refractivity contribution < 1.29 is 0 Å². The van der Waals surface area contributed by atoms with Crippen molar-refractivity contribution in [3.05, 3.63) is 109 Å². The van der Waals surface area contributed by atoms with Crippen molar-refractivity contribution in [1.82, 2.24) is 15.0 Å². The molecule has 0 aliphatic heterocycles. The second-order valence-corrected chi connectivity index (χ2v) is 7.15. The van der Waals surface area contributed by atoms with Gasteiger partial charge in [-0.2, -0.15) is 0 Å². The highest BCUT2D eigenvalue weighted by Gasteiger charge is 2.19. The predicted molar refractivity (Wildman–Crippen MR) is 122 cm³/mol. The Labute approximate surface area is 175 Å². The van der Waals surface area contributed by atoms with Crippen LogP contribution in [0.25, 0.3) is 33.3 Å². The molecule has 3 heterocycles. The minimum absolute atomic E-state index is 0.474. The number of nitrogens with zero attached hydrogens (tertiary/aromatic N) is 3. The molecule has 0 saturated carbocycles. The predicted octanol–water partition coefficient (Wildman–Crippen LogP) is 5.53. The zero-order chi connectivity index (χ0) is 20.3. The van der Waals surface area contributed by atoms with Gasteiger partial charge in [0.1, 0.15) is 5.82 Å². The van der Waals surface area contributed by atoms with E-state index >= 15 is 0 Å². The third-order valence-electron chi connectivity index (χ3n) is 5.21. The first-order chi connectivity index (χ1) is 14.8. The van der Waals surface area contributed by atoms with Crippen LogP contribution in [0.3, 0.4) is 0 Å². The van der Waals surface area contributed by atoms with E-state index < -0.39 is 0 Å². The van der Waals surface area contributed by atoms with Gasteiger partial charge in [-0.15, -0.1) is 0 Å². The van der Waals surface area contributed by atoms with Crippen molar-refractivity contribution in [3.63, 3.8) is 0 Å². The standard InChI is InChI=1S/C26H20N4/c27-26-21-14-8-16-29-24(21)23(19-11-5-2-6-12-19)25(30-26)20-13-7-15-28-22(20)17-18-9-3-1-4-10-18/h1-16H,17H2,(H2,27,30). The van der Waals surface area contributed by atoms with E-state index in [9.17, 15) is 0 Å². The van der Waals surface area contributed by atoms with Gasteiger partial charge in [0, 0.05) is 35.3 Å². The maximum absolute atomic E-state index is 6.37. The Bertz CT molecular complexity index is 1320. The first-order valence-corrected chi connectivity index (χ1v) is 9.89. The number of anilines is 1. The fourth-order valence-corrected chi connectivity index (χ4v) is 3.82. The van der Waals surface area contributed by atoms with E-state index in [-0.39, 0.29) is 0 Å². The molecule has 0 fully saturated rings. The average Bonchev–Trinajstić information content (AvgIpc) is 2.81. The molecule has 0 aliphatic rings. The van der Waals surface area contributed by atoms with Crippen LogP contribution in [0, 0.1) is 0 Å². The lowest BCUT2D eigenvalue weighted by molar-refractivity contribution is 1.07. The summed E-state index contributed by atoms with van der Waals surface area (Å²) in [6, 6.07) is 28.4. The quantitative estimate of drug-likeness (QED) is 0.439.